The van der Waals surface area contributed by atoms with Crippen LogP contribution in [-0.2, 0) is 0 Å². The van der Waals surface area contributed by atoms with Crippen molar-refractivity contribution in [3.05, 3.63) is 30.0 Å². The minimum absolute atomic E-state index is 0.0826. The van der Waals surface area contributed by atoms with Crippen molar-refractivity contribution in [3.63, 3.8) is 0 Å². The summed E-state index contributed by atoms with van der Waals surface area (Å²) in [5, 5.41) is 3.58. The molecule has 0 spiro atoms. The van der Waals surface area contributed by atoms with E-state index in [1.165, 1.54) is 0 Å². The highest BCUT2D eigenvalue weighted by Crippen LogP contribution is 2.21. The first-order valence-electron chi connectivity index (χ1n) is 5.63. The van der Waals surface area contributed by atoms with Crippen LogP contribution >= 0.6 is 0 Å². The van der Waals surface area contributed by atoms with Gasteiger partial charge in [-0.3, -0.25) is 4.79 Å². The SMILES string of the molecule is C#CCC(C)NC(=O)c1cc2cc(N)ccc2o1. The van der Waals surface area contributed by atoms with Crippen molar-refractivity contribution >= 4 is 22.6 Å². The molecule has 1 heterocycles. The Kier molecular flexibility index (Phi) is 3.24. The number of benzene rings is 1. The van der Waals surface area contributed by atoms with E-state index in [1.54, 1.807) is 24.3 Å². The number of furan rings is 1. The lowest BCUT2D eigenvalue weighted by molar-refractivity contribution is 0.0915. The maximum Gasteiger partial charge on any atom is 0.287 e. The molecule has 18 heavy (non-hydrogen) atoms. The molecule has 0 saturated carbocycles. The Balaban J connectivity index is 2.21. The minimum atomic E-state index is -0.271. The molecule has 1 atom stereocenters. The molecule has 0 aliphatic heterocycles. The Hall–Kier alpha value is -2.41. The third kappa shape index (κ3) is 2.46. The van der Waals surface area contributed by atoms with Gasteiger partial charge in [-0.15, -0.1) is 12.3 Å². The molecule has 92 valence electrons. The van der Waals surface area contributed by atoms with E-state index < -0.39 is 0 Å². The van der Waals surface area contributed by atoms with E-state index in [0.717, 1.165) is 5.39 Å². The highest BCUT2D eigenvalue weighted by molar-refractivity contribution is 5.96. The number of hydrogen-bond donors (Lipinski definition) is 2. The molecule has 1 aromatic carbocycles. The van der Waals surface area contributed by atoms with Crippen molar-refractivity contribution in [2.45, 2.75) is 19.4 Å². The zero-order chi connectivity index (χ0) is 13.1. The highest BCUT2D eigenvalue weighted by atomic mass is 16.3. The first-order valence-corrected chi connectivity index (χ1v) is 5.63. The molecule has 2 rings (SSSR count). The topological polar surface area (TPSA) is 68.3 Å². The van der Waals surface area contributed by atoms with Gasteiger partial charge in [0.1, 0.15) is 5.58 Å². The number of nitrogen functional groups attached to an aromatic ring is 1. The van der Waals surface area contributed by atoms with Crippen molar-refractivity contribution in [1.82, 2.24) is 5.32 Å². The normalized spacial score (nSPS) is 12.0. The van der Waals surface area contributed by atoms with Crippen LogP contribution in [0, 0.1) is 12.3 Å². The van der Waals surface area contributed by atoms with E-state index in [0.29, 0.717) is 17.7 Å². The predicted molar refractivity (Wildman–Crippen MR) is 71.0 cm³/mol. The molecule has 4 heteroatoms. The first-order chi connectivity index (χ1) is 8.60. The summed E-state index contributed by atoms with van der Waals surface area (Å²) < 4.78 is 5.44. The van der Waals surface area contributed by atoms with E-state index in [4.69, 9.17) is 16.6 Å². The van der Waals surface area contributed by atoms with Crippen molar-refractivity contribution in [1.29, 1.82) is 0 Å². The maximum atomic E-state index is 11.9. The van der Waals surface area contributed by atoms with Crippen LogP contribution in [0.15, 0.2) is 28.7 Å². The standard InChI is InChI=1S/C14H14N2O2/c1-3-4-9(2)16-14(17)13-8-10-7-11(15)5-6-12(10)18-13/h1,5-9H,4,15H2,2H3,(H,16,17). The Bertz CT molecular complexity index is 622. The second-order valence-electron chi connectivity index (χ2n) is 4.19. The molecule has 4 nitrogen and oxygen atoms in total. The summed E-state index contributed by atoms with van der Waals surface area (Å²) in [5.74, 6) is 2.49. The molecule has 1 aromatic heterocycles. The average molecular weight is 242 g/mol. The zero-order valence-electron chi connectivity index (χ0n) is 10.1. The first kappa shape index (κ1) is 12.1. The number of terminal acetylenes is 1. The van der Waals surface area contributed by atoms with Gasteiger partial charge in [0, 0.05) is 23.5 Å². The fourth-order valence-electron chi connectivity index (χ4n) is 1.70. The Morgan fingerprint density at radius 1 is 1.56 bits per heavy atom. The molecular formula is C14H14N2O2. The summed E-state index contributed by atoms with van der Waals surface area (Å²) in [6.07, 6.45) is 5.67. The van der Waals surface area contributed by atoms with Crippen LogP contribution in [-0.4, -0.2) is 11.9 Å². The molecule has 1 amide bonds. The van der Waals surface area contributed by atoms with Gasteiger partial charge in [0.2, 0.25) is 0 Å². The maximum absolute atomic E-state index is 11.9. The van der Waals surface area contributed by atoms with E-state index >= 15 is 0 Å². The number of amides is 1. The molecule has 0 fully saturated rings. The summed E-state index contributed by atoms with van der Waals surface area (Å²) in [7, 11) is 0. The number of carbonyl (C=O) groups excluding carboxylic acids is 1. The van der Waals surface area contributed by atoms with Gasteiger partial charge in [-0.05, 0) is 31.2 Å². The molecule has 0 aliphatic carbocycles. The molecular weight excluding hydrogens is 228 g/mol. The van der Waals surface area contributed by atoms with Crippen molar-refractivity contribution < 1.29 is 9.21 Å². The number of rotatable bonds is 3. The summed E-state index contributed by atoms with van der Waals surface area (Å²) in [6, 6.07) is 6.83. The quantitative estimate of drug-likeness (QED) is 0.640. The van der Waals surface area contributed by atoms with E-state index in [-0.39, 0.29) is 17.7 Å². The predicted octanol–water partition coefficient (Wildman–Crippen LogP) is 2.16. The van der Waals surface area contributed by atoms with Crippen molar-refractivity contribution in [2.75, 3.05) is 5.73 Å². The molecule has 2 aromatic rings. The zero-order valence-corrected chi connectivity index (χ0v) is 10.1. The van der Waals surface area contributed by atoms with Crippen molar-refractivity contribution in [2.24, 2.45) is 0 Å². The molecule has 1 unspecified atom stereocenters. The van der Waals surface area contributed by atoms with Crippen LogP contribution in [0.5, 0.6) is 0 Å². The number of hydrogen-bond acceptors (Lipinski definition) is 3. The van der Waals surface area contributed by atoms with E-state index in [9.17, 15) is 4.79 Å². The second kappa shape index (κ2) is 4.84. The number of nitrogens with two attached hydrogens (primary N) is 1. The third-order valence-corrected chi connectivity index (χ3v) is 2.57. The van der Waals surface area contributed by atoms with Gasteiger partial charge >= 0.3 is 0 Å². The van der Waals surface area contributed by atoms with Crippen LogP contribution < -0.4 is 11.1 Å². The summed E-state index contributed by atoms with van der Waals surface area (Å²) in [4.78, 5) is 11.9. The smallest absolute Gasteiger partial charge is 0.287 e. The van der Waals surface area contributed by atoms with Crippen molar-refractivity contribution in [3.8, 4) is 12.3 Å². The van der Waals surface area contributed by atoms with Crippen LogP contribution in [0.1, 0.15) is 23.9 Å². The highest BCUT2D eigenvalue weighted by Gasteiger charge is 2.14. The second-order valence-corrected chi connectivity index (χ2v) is 4.19. The monoisotopic (exact) mass is 242 g/mol. The molecule has 3 N–H and O–H groups in total. The summed E-state index contributed by atoms with van der Waals surface area (Å²) in [6.45, 7) is 1.85. The van der Waals surface area contributed by atoms with Gasteiger partial charge in [-0.1, -0.05) is 0 Å². The Labute approximate surface area is 105 Å². The minimum Gasteiger partial charge on any atom is -0.451 e. The van der Waals surface area contributed by atoms with E-state index in [1.807, 2.05) is 6.92 Å². The number of fused-ring (bicyclic) bond motifs is 1. The molecule has 0 bridgehead atoms. The van der Waals surface area contributed by atoms with Crippen LogP contribution in [0.2, 0.25) is 0 Å². The van der Waals surface area contributed by atoms with Gasteiger partial charge in [0.25, 0.3) is 5.91 Å². The van der Waals surface area contributed by atoms with Gasteiger partial charge in [-0.25, -0.2) is 0 Å². The van der Waals surface area contributed by atoms with Crippen LogP contribution in [0.3, 0.4) is 0 Å². The van der Waals surface area contributed by atoms with Gasteiger partial charge in [0.15, 0.2) is 5.76 Å². The molecule has 0 saturated heterocycles. The third-order valence-electron chi connectivity index (χ3n) is 2.57. The van der Waals surface area contributed by atoms with Gasteiger partial charge in [-0.2, -0.15) is 0 Å². The van der Waals surface area contributed by atoms with Crippen LogP contribution in [0.25, 0.3) is 11.0 Å². The van der Waals surface area contributed by atoms with E-state index in [2.05, 4.69) is 11.2 Å². The number of anilines is 1. The Morgan fingerprint density at radius 3 is 3.06 bits per heavy atom. The largest absolute Gasteiger partial charge is 0.451 e. The lowest BCUT2D eigenvalue weighted by Crippen LogP contribution is -2.31. The molecule has 0 aliphatic rings. The van der Waals surface area contributed by atoms with Gasteiger partial charge in [0.05, 0.1) is 0 Å². The number of carbonyl (C=O) groups is 1. The lowest BCUT2D eigenvalue weighted by atomic mass is 10.2. The fraction of sp³-hybridized carbons (Fsp3) is 0.214. The average Bonchev–Trinajstić information content (AvgIpc) is 2.72. The molecule has 0 radical (unpaired) electrons. The summed E-state index contributed by atoms with van der Waals surface area (Å²) in [5.41, 5.74) is 6.94. The lowest BCUT2D eigenvalue weighted by Gasteiger charge is -2.08. The number of nitrogens with one attached hydrogen (secondary N) is 1. The summed E-state index contributed by atoms with van der Waals surface area (Å²) >= 11 is 0. The fourth-order valence-corrected chi connectivity index (χ4v) is 1.70. The van der Waals surface area contributed by atoms with Crippen LogP contribution in [0.4, 0.5) is 5.69 Å². The Morgan fingerprint density at radius 2 is 2.33 bits per heavy atom. The van der Waals surface area contributed by atoms with Gasteiger partial charge < -0.3 is 15.5 Å².